The van der Waals surface area contributed by atoms with Gasteiger partial charge in [-0.3, -0.25) is 14.8 Å². The Hall–Kier alpha value is -3.23. The van der Waals surface area contributed by atoms with Gasteiger partial charge in [-0.25, -0.2) is 4.79 Å². The first-order chi connectivity index (χ1) is 10.5. The van der Waals surface area contributed by atoms with Gasteiger partial charge in [-0.05, 0) is 6.92 Å². The quantitative estimate of drug-likeness (QED) is 0.288. The Kier molecular flexibility index (Phi) is 4.47. The molecule has 114 valence electrons. The normalized spacial score (nSPS) is 11.2. The van der Waals surface area contributed by atoms with Gasteiger partial charge >= 0.3 is 11.7 Å². The van der Waals surface area contributed by atoms with E-state index in [2.05, 4.69) is 15.1 Å². The van der Waals surface area contributed by atoms with Crippen LogP contribution in [0.5, 0.6) is 0 Å². The van der Waals surface area contributed by atoms with Gasteiger partial charge in [-0.15, -0.1) is 0 Å². The van der Waals surface area contributed by atoms with E-state index in [1.54, 1.807) is 24.3 Å². The average molecular weight is 303 g/mol. The average Bonchev–Trinajstić information content (AvgIpc) is 2.86. The first-order valence-corrected chi connectivity index (χ1v) is 6.24. The van der Waals surface area contributed by atoms with Crippen molar-refractivity contribution in [2.45, 2.75) is 13.5 Å². The zero-order valence-corrected chi connectivity index (χ0v) is 11.7. The van der Waals surface area contributed by atoms with E-state index < -0.39 is 10.9 Å². The largest absolute Gasteiger partial charge is 0.380 e. The third-order valence-corrected chi connectivity index (χ3v) is 2.72. The van der Waals surface area contributed by atoms with Crippen molar-refractivity contribution in [1.82, 2.24) is 9.78 Å². The number of aromatic nitrogens is 2. The molecule has 1 aromatic heterocycles. The zero-order valence-electron chi connectivity index (χ0n) is 11.7. The van der Waals surface area contributed by atoms with Crippen molar-refractivity contribution in [2.24, 2.45) is 10.9 Å². The minimum absolute atomic E-state index is 0.0524. The van der Waals surface area contributed by atoms with Gasteiger partial charge < -0.3 is 10.6 Å². The molecular formula is C13H13N5O4. The first kappa shape index (κ1) is 15.2. The second kappa shape index (κ2) is 6.48. The zero-order chi connectivity index (χ0) is 16.1. The third-order valence-electron chi connectivity index (χ3n) is 2.72. The fraction of sp³-hybridized carbons (Fsp3) is 0.154. The molecule has 2 aromatic rings. The van der Waals surface area contributed by atoms with Gasteiger partial charge in [0.1, 0.15) is 18.4 Å². The lowest BCUT2D eigenvalue weighted by Crippen LogP contribution is -2.17. The number of carbonyl (C=O) groups is 1. The van der Waals surface area contributed by atoms with E-state index in [1.165, 1.54) is 6.92 Å². The Morgan fingerprint density at radius 3 is 2.73 bits per heavy atom. The summed E-state index contributed by atoms with van der Waals surface area (Å²) in [5.74, 6) is -0.687. The van der Waals surface area contributed by atoms with E-state index >= 15 is 0 Å². The Morgan fingerprint density at radius 2 is 2.14 bits per heavy atom. The lowest BCUT2D eigenvalue weighted by Gasteiger charge is -2.01. The SMILES string of the molecule is Cc1nn(CC(=O)O/N=C(\N)c2ccccc2)cc1[N+](=O)[O-]. The molecule has 0 aliphatic carbocycles. The van der Waals surface area contributed by atoms with Crippen LogP contribution < -0.4 is 5.73 Å². The molecule has 0 atom stereocenters. The van der Waals surface area contributed by atoms with Gasteiger partial charge in [0.15, 0.2) is 5.84 Å². The molecule has 9 nitrogen and oxygen atoms in total. The number of rotatable bonds is 5. The second-order valence-electron chi connectivity index (χ2n) is 4.36. The van der Waals surface area contributed by atoms with Crippen LogP contribution in [0.4, 0.5) is 5.69 Å². The summed E-state index contributed by atoms with van der Waals surface area (Å²) in [5, 5.41) is 18.1. The van der Waals surface area contributed by atoms with E-state index in [1.807, 2.05) is 6.07 Å². The van der Waals surface area contributed by atoms with E-state index in [-0.39, 0.29) is 23.8 Å². The molecule has 2 rings (SSSR count). The topological polar surface area (TPSA) is 126 Å². The molecule has 1 aromatic carbocycles. The number of carbonyl (C=O) groups excluding carboxylic acids is 1. The van der Waals surface area contributed by atoms with Crippen LogP contribution in [0.25, 0.3) is 0 Å². The van der Waals surface area contributed by atoms with Crippen molar-refractivity contribution >= 4 is 17.5 Å². The third kappa shape index (κ3) is 3.66. The van der Waals surface area contributed by atoms with Crippen LogP contribution in [-0.4, -0.2) is 26.5 Å². The highest BCUT2D eigenvalue weighted by molar-refractivity contribution is 5.97. The van der Waals surface area contributed by atoms with Crippen LogP contribution >= 0.6 is 0 Å². The number of aryl methyl sites for hydroxylation is 1. The highest BCUT2D eigenvalue weighted by atomic mass is 16.7. The molecular weight excluding hydrogens is 290 g/mol. The van der Waals surface area contributed by atoms with Crippen LogP contribution in [0.1, 0.15) is 11.3 Å². The van der Waals surface area contributed by atoms with Crippen molar-refractivity contribution in [1.29, 1.82) is 0 Å². The van der Waals surface area contributed by atoms with Gasteiger partial charge in [0.05, 0.1) is 4.92 Å². The van der Waals surface area contributed by atoms with Crippen molar-refractivity contribution < 1.29 is 14.6 Å². The molecule has 0 aliphatic rings. The smallest absolute Gasteiger partial charge is 0.356 e. The molecule has 22 heavy (non-hydrogen) atoms. The Bertz CT molecular complexity index is 723. The summed E-state index contributed by atoms with van der Waals surface area (Å²) in [7, 11) is 0. The second-order valence-corrected chi connectivity index (χ2v) is 4.36. The van der Waals surface area contributed by atoms with Crippen molar-refractivity contribution in [3.63, 3.8) is 0 Å². The van der Waals surface area contributed by atoms with Crippen LogP contribution in [0, 0.1) is 17.0 Å². The summed E-state index contributed by atoms with van der Waals surface area (Å²) in [6.45, 7) is 1.17. The molecule has 0 fully saturated rings. The Morgan fingerprint density at radius 1 is 1.45 bits per heavy atom. The summed E-state index contributed by atoms with van der Waals surface area (Å²) >= 11 is 0. The van der Waals surface area contributed by atoms with Crippen molar-refractivity contribution in [3.05, 3.63) is 57.9 Å². The van der Waals surface area contributed by atoms with Gasteiger partial charge in [-0.2, -0.15) is 5.10 Å². The number of hydrogen-bond acceptors (Lipinski definition) is 6. The maximum absolute atomic E-state index is 11.6. The number of nitrogens with zero attached hydrogens (tertiary/aromatic N) is 4. The maximum Gasteiger partial charge on any atom is 0.356 e. The maximum atomic E-state index is 11.6. The van der Waals surface area contributed by atoms with Crippen LogP contribution in [0.3, 0.4) is 0 Å². The Labute approximate surface area is 125 Å². The van der Waals surface area contributed by atoms with E-state index in [0.29, 0.717) is 5.56 Å². The molecule has 0 radical (unpaired) electrons. The monoisotopic (exact) mass is 303 g/mol. The lowest BCUT2D eigenvalue weighted by molar-refractivity contribution is -0.385. The molecule has 2 N–H and O–H groups in total. The fourth-order valence-electron chi connectivity index (χ4n) is 1.69. The fourth-order valence-corrected chi connectivity index (χ4v) is 1.69. The van der Waals surface area contributed by atoms with Crippen LogP contribution in [0.2, 0.25) is 0 Å². The van der Waals surface area contributed by atoms with Crippen molar-refractivity contribution in [2.75, 3.05) is 0 Å². The molecule has 0 saturated heterocycles. The van der Waals surface area contributed by atoms with E-state index in [4.69, 9.17) is 5.73 Å². The number of nitro groups is 1. The molecule has 0 bridgehead atoms. The van der Waals surface area contributed by atoms with E-state index in [0.717, 1.165) is 10.9 Å². The standard InChI is InChI=1S/C13H13N5O4/c1-9-11(18(20)21)7-17(15-9)8-12(19)22-16-13(14)10-5-3-2-4-6-10/h2-7H,8H2,1H3,(H2,14,16). The number of benzene rings is 1. The highest BCUT2D eigenvalue weighted by Gasteiger charge is 2.17. The molecule has 1 heterocycles. The van der Waals surface area contributed by atoms with E-state index in [9.17, 15) is 14.9 Å². The van der Waals surface area contributed by atoms with Crippen molar-refractivity contribution in [3.8, 4) is 0 Å². The summed E-state index contributed by atoms with van der Waals surface area (Å²) in [5.41, 5.74) is 6.32. The van der Waals surface area contributed by atoms with Crippen LogP contribution in [-0.2, 0) is 16.2 Å². The summed E-state index contributed by atoms with van der Waals surface area (Å²) < 4.78 is 1.12. The predicted molar refractivity (Wildman–Crippen MR) is 76.9 cm³/mol. The number of oxime groups is 1. The van der Waals surface area contributed by atoms with Gasteiger partial charge in [0.25, 0.3) is 0 Å². The minimum Gasteiger partial charge on any atom is -0.380 e. The molecule has 0 aliphatic heterocycles. The highest BCUT2D eigenvalue weighted by Crippen LogP contribution is 2.14. The first-order valence-electron chi connectivity index (χ1n) is 6.24. The van der Waals surface area contributed by atoms with Gasteiger partial charge in [0, 0.05) is 5.56 Å². The molecule has 0 unspecified atom stereocenters. The molecule has 0 spiro atoms. The molecule has 0 saturated carbocycles. The Balaban J connectivity index is 1.99. The summed E-state index contributed by atoms with van der Waals surface area (Å²) in [6.07, 6.45) is 1.15. The molecule has 0 amide bonds. The predicted octanol–water partition coefficient (Wildman–Crippen LogP) is 0.963. The lowest BCUT2D eigenvalue weighted by atomic mass is 10.2. The number of nitrogens with two attached hydrogens (primary N) is 1. The van der Waals surface area contributed by atoms with Gasteiger partial charge in [-0.1, -0.05) is 35.5 Å². The number of hydrogen-bond donors (Lipinski definition) is 1. The minimum atomic E-state index is -0.740. The summed E-state index contributed by atoms with van der Waals surface area (Å²) in [4.78, 5) is 26.4. The molecule has 9 heteroatoms. The number of amidine groups is 1. The van der Waals surface area contributed by atoms with Crippen LogP contribution in [0.15, 0.2) is 41.7 Å². The summed E-state index contributed by atoms with van der Waals surface area (Å²) in [6, 6.07) is 8.78. The van der Waals surface area contributed by atoms with Gasteiger partial charge in [0.2, 0.25) is 0 Å².